The van der Waals surface area contributed by atoms with Gasteiger partial charge in [0.1, 0.15) is 0 Å². The van der Waals surface area contributed by atoms with E-state index in [0.29, 0.717) is 0 Å². The molecule has 1 rings (SSSR count). The van der Waals surface area contributed by atoms with Crippen LogP contribution in [0.15, 0.2) is 0 Å². The third-order valence-corrected chi connectivity index (χ3v) is 2.03. The summed E-state index contributed by atoms with van der Waals surface area (Å²) < 4.78 is 5.02. The van der Waals surface area contributed by atoms with E-state index in [9.17, 15) is 0 Å². The molecule has 4 atom stereocenters. The number of ether oxygens (including phenoxy) is 1. The van der Waals surface area contributed by atoms with Gasteiger partial charge in [-0.15, -0.1) is 0 Å². The van der Waals surface area contributed by atoms with Gasteiger partial charge in [-0.25, -0.2) is 0 Å². The molecule has 0 amide bonds. The normalized spacial score (nSPS) is 52.0. The Hall–Kier alpha value is -0.120. The Morgan fingerprint density at radius 3 is 2.11 bits per heavy atom. The van der Waals surface area contributed by atoms with Crippen LogP contribution in [-0.2, 0) is 4.74 Å². The van der Waals surface area contributed by atoms with Gasteiger partial charge >= 0.3 is 0 Å². The molecule has 0 aliphatic carbocycles. The van der Waals surface area contributed by atoms with Crippen molar-refractivity contribution < 1.29 is 9.84 Å². The maximum absolute atomic E-state index is 8.99. The van der Waals surface area contributed by atoms with Crippen molar-refractivity contribution in [1.82, 2.24) is 0 Å². The Balaban J connectivity index is 2.54. The van der Waals surface area contributed by atoms with Crippen molar-refractivity contribution in [2.75, 3.05) is 0 Å². The molecule has 0 radical (unpaired) electrons. The third kappa shape index (κ3) is 1.08. The Kier molecular flexibility index (Phi) is 1.75. The number of aliphatic hydroxyl groups is 1. The van der Waals surface area contributed by atoms with Gasteiger partial charge < -0.3 is 15.6 Å². The fraction of sp³-hybridized carbons (Fsp3) is 1.00. The van der Waals surface area contributed by atoms with E-state index in [1.54, 1.807) is 0 Å². The SMILES string of the molecule is CC1OC(O)C(N)C1C. The highest BCUT2D eigenvalue weighted by molar-refractivity contribution is 4.83. The minimum Gasteiger partial charge on any atom is -0.367 e. The van der Waals surface area contributed by atoms with Gasteiger partial charge in [-0.1, -0.05) is 6.92 Å². The Labute approximate surface area is 54.8 Å². The highest BCUT2D eigenvalue weighted by Gasteiger charge is 2.35. The van der Waals surface area contributed by atoms with Crippen LogP contribution in [0.4, 0.5) is 0 Å². The fourth-order valence-corrected chi connectivity index (χ4v) is 1.01. The number of hydrogen-bond donors (Lipinski definition) is 2. The lowest BCUT2D eigenvalue weighted by Gasteiger charge is -2.09. The number of hydrogen-bond acceptors (Lipinski definition) is 3. The highest BCUT2D eigenvalue weighted by Crippen LogP contribution is 2.22. The minimum absolute atomic E-state index is 0.0926. The van der Waals surface area contributed by atoms with Gasteiger partial charge in [-0.2, -0.15) is 0 Å². The summed E-state index contributed by atoms with van der Waals surface area (Å²) >= 11 is 0. The first-order valence-corrected chi connectivity index (χ1v) is 3.22. The smallest absolute Gasteiger partial charge is 0.170 e. The minimum atomic E-state index is -0.755. The summed E-state index contributed by atoms with van der Waals surface area (Å²) in [6.45, 7) is 3.90. The maximum atomic E-state index is 8.99. The van der Waals surface area contributed by atoms with Gasteiger partial charge in [0.2, 0.25) is 0 Å². The lowest BCUT2D eigenvalue weighted by molar-refractivity contribution is -0.0915. The van der Waals surface area contributed by atoms with Gasteiger partial charge in [-0.05, 0) is 6.92 Å². The first-order valence-electron chi connectivity index (χ1n) is 3.22. The van der Waals surface area contributed by atoms with Crippen LogP contribution in [-0.4, -0.2) is 23.5 Å². The van der Waals surface area contributed by atoms with E-state index >= 15 is 0 Å². The molecular formula is C6H13NO2. The molecule has 9 heavy (non-hydrogen) atoms. The van der Waals surface area contributed by atoms with E-state index in [1.165, 1.54) is 0 Å². The third-order valence-electron chi connectivity index (χ3n) is 2.03. The molecule has 1 saturated heterocycles. The topological polar surface area (TPSA) is 55.5 Å². The lowest BCUT2D eigenvalue weighted by Crippen LogP contribution is -2.34. The van der Waals surface area contributed by atoms with E-state index in [-0.39, 0.29) is 18.1 Å². The zero-order chi connectivity index (χ0) is 7.02. The van der Waals surface area contributed by atoms with Crippen molar-refractivity contribution in [3.05, 3.63) is 0 Å². The van der Waals surface area contributed by atoms with Gasteiger partial charge in [0.25, 0.3) is 0 Å². The molecule has 1 aliphatic heterocycles. The van der Waals surface area contributed by atoms with Crippen molar-refractivity contribution in [2.24, 2.45) is 11.7 Å². The molecule has 0 saturated carbocycles. The molecule has 1 fully saturated rings. The van der Waals surface area contributed by atoms with Gasteiger partial charge in [0.15, 0.2) is 6.29 Å². The van der Waals surface area contributed by atoms with Gasteiger partial charge in [-0.3, -0.25) is 0 Å². The van der Waals surface area contributed by atoms with Gasteiger partial charge in [0, 0.05) is 5.92 Å². The summed E-state index contributed by atoms with van der Waals surface area (Å²) in [7, 11) is 0. The first kappa shape index (κ1) is 6.99. The fourth-order valence-electron chi connectivity index (χ4n) is 1.01. The van der Waals surface area contributed by atoms with Crippen LogP contribution in [0.3, 0.4) is 0 Å². The van der Waals surface area contributed by atoms with E-state index in [4.69, 9.17) is 15.6 Å². The zero-order valence-corrected chi connectivity index (χ0v) is 5.74. The number of aliphatic hydroxyl groups excluding tert-OH is 1. The summed E-state index contributed by atoms with van der Waals surface area (Å²) in [6.07, 6.45) is -0.662. The van der Waals surface area contributed by atoms with Crippen LogP contribution in [0.2, 0.25) is 0 Å². The van der Waals surface area contributed by atoms with Crippen LogP contribution in [0.1, 0.15) is 13.8 Å². The first-order chi connectivity index (χ1) is 4.13. The molecule has 0 aromatic heterocycles. The molecule has 0 aromatic carbocycles. The summed E-state index contributed by atoms with van der Waals surface area (Å²) in [4.78, 5) is 0. The van der Waals surface area contributed by atoms with Crippen LogP contribution >= 0.6 is 0 Å². The van der Waals surface area contributed by atoms with Crippen molar-refractivity contribution in [2.45, 2.75) is 32.3 Å². The highest BCUT2D eigenvalue weighted by atomic mass is 16.6. The summed E-state index contributed by atoms with van der Waals surface area (Å²) in [5.74, 6) is 0.264. The van der Waals surface area contributed by atoms with Crippen molar-refractivity contribution in [1.29, 1.82) is 0 Å². The molecule has 0 aromatic rings. The largest absolute Gasteiger partial charge is 0.367 e. The molecule has 3 heteroatoms. The van der Waals surface area contributed by atoms with E-state index in [2.05, 4.69) is 0 Å². The molecular weight excluding hydrogens is 118 g/mol. The summed E-state index contributed by atoms with van der Waals surface area (Å²) in [5, 5.41) is 8.99. The zero-order valence-electron chi connectivity index (χ0n) is 5.74. The van der Waals surface area contributed by atoms with Crippen LogP contribution in [0, 0.1) is 5.92 Å². The molecule has 54 valence electrons. The molecule has 1 aliphatic rings. The number of rotatable bonds is 0. The average molecular weight is 131 g/mol. The summed E-state index contributed by atoms with van der Waals surface area (Å²) in [6, 6.07) is -0.208. The monoisotopic (exact) mass is 131 g/mol. The van der Waals surface area contributed by atoms with Crippen LogP contribution in [0.25, 0.3) is 0 Å². The van der Waals surface area contributed by atoms with Crippen LogP contribution in [0.5, 0.6) is 0 Å². The molecule has 3 N–H and O–H groups in total. The van der Waals surface area contributed by atoms with Crippen LogP contribution < -0.4 is 5.73 Å². The van der Waals surface area contributed by atoms with Crippen molar-refractivity contribution in [3.63, 3.8) is 0 Å². The Morgan fingerprint density at radius 1 is 1.44 bits per heavy atom. The molecule has 4 unspecified atom stereocenters. The quantitative estimate of drug-likeness (QED) is 0.474. The molecule has 0 spiro atoms. The second-order valence-electron chi connectivity index (χ2n) is 2.67. The predicted molar refractivity (Wildman–Crippen MR) is 33.7 cm³/mol. The molecule has 0 bridgehead atoms. The predicted octanol–water partition coefficient (Wildman–Crippen LogP) is -0.313. The van der Waals surface area contributed by atoms with E-state index in [1.807, 2.05) is 13.8 Å². The van der Waals surface area contributed by atoms with E-state index < -0.39 is 6.29 Å². The van der Waals surface area contributed by atoms with Gasteiger partial charge in [0.05, 0.1) is 12.1 Å². The van der Waals surface area contributed by atoms with E-state index in [0.717, 1.165) is 0 Å². The Bertz CT molecular complexity index is 95.2. The second-order valence-corrected chi connectivity index (χ2v) is 2.67. The lowest BCUT2D eigenvalue weighted by atomic mass is 10.0. The van der Waals surface area contributed by atoms with Crippen molar-refractivity contribution in [3.8, 4) is 0 Å². The molecule has 1 heterocycles. The maximum Gasteiger partial charge on any atom is 0.170 e. The standard InChI is InChI=1S/C6H13NO2/c1-3-4(2)9-6(8)5(3)7/h3-6,8H,7H2,1-2H3. The average Bonchev–Trinajstić information content (AvgIpc) is 1.98. The second kappa shape index (κ2) is 2.25. The number of nitrogens with two attached hydrogens (primary N) is 1. The Morgan fingerprint density at radius 2 is 2.00 bits per heavy atom. The van der Waals surface area contributed by atoms with Crippen molar-refractivity contribution >= 4 is 0 Å². The summed E-state index contributed by atoms with van der Waals surface area (Å²) in [5.41, 5.74) is 5.54. The molecule has 3 nitrogen and oxygen atoms in total.